The molecule has 2 fully saturated rings. The van der Waals surface area contributed by atoms with E-state index in [0.717, 1.165) is 43.7 Å². The third-order valence-corrected chi connectivity index (χ3v) is 5.44. The van der Waals surface area contributed by atoms with Gasteiger partial charge in [0.25, 0.3) is 0 Å². The van der Waals surface area contributed by atoms with Gasteiger partial charge in [-0.1, -0.05) is 0 Å². The van der Waals surface area contributed by atoms with Gasteiger partial charge in [0.1, 0.15) is 6.10 Å². The zero-order valence-electron chi connectivity index (χ0n) is 17.9. The molecule has 9 nitrogen and oxygen atoms in total. The second-order valence-corrected chi connectivity index (χ2v) is 7.87. The summed E-state index contributed by atoms with van der Waals surface area (Å²) in [4.78, 5) is 32.2. The predicted molar refractivity (Wildman–Crippen MR) is 108 cm³/mol. The van der Waals surface area contributed by atoms with Gasteiger partial charge in [-0.3, -0.25) is 19.7 Å². The van der Waals surface area contributed by atoms with Crippen LogP contribution in [-0.4, -0.2) is 62.8 Å². The van der Waals surface area contributed by atoms with Gasteiger partial charge in [0, 0.05) is 30.9 Å². The van der Waals surface area contributed by atoms with Crippen LogP contribution >= 0.6 is 0 Å². The minimum Gasteiger partial charge on any atom is -0.475 e. The number of carboxylic acids is 1. The van der Waals surface area contributed by atoms with Crippen molar-refractivity contribution < 1.29 is 37.0 Å². The number of carbonyl (C=O) groups is 2. The van der Waals surface area contributed by atoms with Crippen LogP contribution in [0, 0.1) is 6.92 Å². The first-order valence-corrected chi connectivity index (χ1v) is 10.4. The molecule has 0 aromatic carbocycles. The van der Waals surface area contributed by atoms with Crippen LogP contribution in [0.2, 0.25) is 0 Å². The Kier molecular flexibility index (Phi) is 8.03. The van der Waals surface area contributed by atoms with Crippen LogP contribution < -0.4 is 5.32 Å². The van der Waals surface area contributed by atoms with Gasteiger partial charge in [0.2, 0.25) is 5.91 Å². The summed E-state index contributed by atoms with van der Waals surface area (Å²) in [5, 5.41) is 10.0. The van der Waals surface area contributed by atoms with Gasteiger partial charge in [-0.25, -0.2) is 4.79 Å². The maximum absolute atomic E-state index is 12.5. The molecule has 2 aromatic rings. The van der Waals surface area contributed by atoms with Crippen LogP contribution in [0.5, 0.6) is 0 Å². The van der Waals surface area contributed by atoms with Crippen molar-refractivity contribution in [2.45, 2.75) is 63.7 Å². The molecule has 3 atom stereocenters. The SMILES string of the molecule is Cc1cnc(CNC(=O)[C@@H]2CC[C@@H]3[C@@H](CCN3Cc3ccoc3)O2)cn1.O=C(O)C(F)(F)F. The fraction of sp³-hybridized carbons (Fsp3) is 0.524. The Balaban J connectivity index is 0.000000383. The number of alkyl halides is 3. The molecule has 2 saturated heterocycles. The normalized spacial score (nSPS) is 22.7. The number of likely N-dealkylation sites (tertiary alicyclic amines) is 1. The zero-order chi connectivity index (χ0) is 24.0. The van der Waals surface area contributed by atoms with E-state index in [9.17, 15) is 18.0 Å². The van der Waals surface area contributed by atoms with Crippen molar-refractivity contribution in [2.75, 3.05) is 6.54 Å². The maximum Gasteiger partial charge on any atom is 0.490 e. The van der Waals surface area contributed by atoms with Gasteiger partial charge in [-0.05, 0) is 32.3 Å². The molecule has 33 heavy (non-hydrogen) atoms. The number of fused-ring (bicyclic) bond motifs is 1. The minimum atomic E-state index is -5.08. The Morgan fingerprint density at radius 1 is 1.24 bits per heavy atom. The van der Waals surface area contributed by atoms with Crippen LogP contribution in [0.15, 0.2) is 35.4 Å². The van der Waals surface area contributed by atoms with E-state index in [1.807, 2.05) is 13.0 Å². The summed E-state index contributed by atoms with van der Waals surface area (Å²) in [6, 6.07) is 2.39. The van der Waals surface area contributed by atoms with E-state index in [-0.39, 0.29) is 18.1 Å². The van der Waals surface area contributed by atoms with E-state index >= 15 is 0 Å². The second kappa shape index (κ2) is 10.8. The quantitative estimate of drug-likeness (QED) is 0.684. The smallest absolute Gasteiger partial charge is 0.475 e. The van der Waals surface area contributed by atoms with Crippen molar-refractivity contribution in [1.29, 1.82) is 0 Å². The molecule has 180 valence electrons. The Hall–Kier alpha value is -2.99. The highest BCUT2D eigenvalue weighted by Gasteiger charge is 2.41. The lowest BCUT2D eigenvalue weighted by Gasteiger charge is -2.35. The largest absolute Gasteiger partial charge is 0.490 e. The lowest BCUT2D eigenvalue weighted by Crippen LogP contribution is -2.47. The molecule has 1 amide bonds. The van der Waals surface area contributed by atoms with Gasteiger partial charge in [0.15, 0.2) is 0 Å². The number of furan rings is 1. The fourth-order valence-electron chi connectivity index (χ4n) is 3.82. The molecule has 0 unspecified atom stereocenters. The number of halogens is 3. The van der Waals surface area contributed by atoms with Crippen molar-refractivity contribution in [2.24, 2.45) is 0 Å². The molecule has 4 rings (SSSR count). The van der Waals surface area contributed by atoms with E-state index in [1.54, 1.807) is 24.9 Å². The molecule has 0 radical (unpaired) electrons. The number of amides is 1. The van der Waals surface area contributed by atoms with Crippen LogP contribution in [-0.2, 0) is 27.4 Å². The summed E-state index contributed by atoms with van der Waals surface area (Å²) in [5.74, 6) is -2.81. The molecule has 0 bridgehead atoms. The number of carbonyl (C=O) groups excluding carboxylic acids is 1. The first kappa shape index (κ1) is 24.6. The average Bonchev–Trinajstić information content (AvgIpc) is 3.43. The molecule has 0 saturated carbocycles. The predicted octanol–water partition coefficient (Wildman–Crippen LogP) is 2.45. The Bertz CT molecular complexity index is 921. The Morgan fingerprint density at radius 3 is 2.61 bits per heavy atom. The van der Waals surface area contributed by atoms with Crippen LogP contribution in [0.3, 0.4) is 0 Å². The summed E-state index contributed by atoms with van der Waals surface area (Å²) < 4.78 is 43.0. The number of nitrogens with one attached hydrogen (secondary N) is 1. The molecule has 2 N–H and O–H groups in total. The first-order chi connectivity index (χ1) is 15.6. The highest BCUT2D eigenvalue weighted by atomic mass is 19.4. The Labute approximate surface area is 187 Å². The molecular weight excluding hydrogens is 445 g/mol. The topological polar surface area (TPSA) is 118 Å². The van der Waals surface area contributed by atoms with Gasteiger partial charge in [0.05, 0.1) is 42.8 Å². The van der Waals surface area contributed by atoms with Gasteiger partial charge in [-0.15, -0.1) is 0 Å². The number of ether oxygens (including phenoxy) is 1. The standard InChI is InChI=1S/C19H24N4O3.C2HF3O2/c1-13-8-21-15(9-20-13)10-22-19(24)18-3-2-16-17(26-18)4-6-23(16)11-14-5-7-25-12-14;3-2(4,5)1(6)7/h5,7-9,12,16-18H,2-4,6,10-11H2,1H3,(H,22,24);(H,6,7)/t16-,17-,18+;/m1./s1. The van der Waals surface area contributed by atoms with Crippen LogP contribution in [0.25, 0.3) is 0 Å². The fourth-order valence-corrected chi connectivity index (χ4v) is 3.82. The summed E-state index contributed by atoms with van der Waals surface area (Å²) in [5.41, 5.74) is 2.80. The van der Waals surface area contributed by atoms with Gasteiger partial charge in [-0.2, -0.15) is 13.2 Å². The number of nitrogens with zero attached hydrogens (tertiary/aromatic N) is 3. The van der Waals surface area contributed by atoms with Gasteiger partial charge < -0.3 is 19.6 Å². The number of rotatable bonds is 5. The molecule has 2 aliphatic heterocycles. The summed E-state index contributed by atoms with van der Waals surface area (Å²) >= 11 is 0. The van der Waals surface area contributed by atoms with Crippen molar-refractivity contribution >= 4 is 11.9 Å². The van der Waals surface area contributed by atoms with E-state index in [2.05, 4.69) is 20.2 Å². The third kappa shape index (κ3) is 6.99. The van der Waals surface area contributed by atoms with Crippen molar-refractivity contribution in [3.05, 3.63) is 47.9 Å². The van der Waals surface area contributed by atoms with Crippen molar-refractivity contribution in [1.82, 2.24) is 20.2 Å². The monoisotopic (exact) mass is 470 g/mol. The molecule has 0 spiro atoms. The van der Waals surface area contributed by atoms with Crippen LogP contribution in [0.4, 0.5) is 13.2 Å². The molecule has 0 aliphatic carbocycles. The molecule has 2 aliphatic rings. The number of aromatic nitrogens is 2. The third-order valence-electron chi connectivity index (χ3n) is 5.44. The second-order valence-electron chi connectivity index (χ2n) is 7.87. The van der Waals surface area contributed by atoms with Crippen molar-refractivity contribution in [3.8, 4) is 0 Å². The summed E-state index contributed by atoms with van der Waals surface area (Å²) in [7, 11) is 0. The lowest BCUT2D eigenvalue weighted by molar-refractivity contribution is -0.192. The lowest BCUT2D eigenvalue weighted by atomic mass is 9.98. The van der Waals surface area contributed by atoms with E-state index < -0.39 is 12.1 Å². The zero-order valence-corrected chi connectivity index (χ0v) is 17.9. The maximum atomic E-state index is 12.5. The number of hydrogen-bond donors (Lipinski definition) is 2. The highest BCUT2D eigenvalue weighted by molar-refractivity contribution is 5.80. The van der Waals surface area contributed by atoms with E-state index in [1.165, 1.54) is 5.56 Å². The summed E-state index contributed by atoms with van der Waals surface area (Å²) in [6.45, 7) is 4.14. The van der Waals surface area contributed by atoms with E-state index in [4.69, 9.17) is 19.1 Å². The van der Waals surface area contributed by atoms with Crippen molar-refractivity contribution in [3.63, 3.8) is 0 Å². The molecule has 2 aromatic heterocycles. The van der Waals surface area contributed by atoms with E-state index in [0.29, 0.717) is 12.6 Å². The molecular formula is C21H25F3N4O5. The number of hydrogen-bond acceptors (Lipinski definition) is 7. The number of aliphatic carboxylic acids is 1. The highest BCUT2D eigenvalue weighted by Crippen LogP contribution is 2.32. The van der Waals surface area contributed by atoms with Crippen LogP contribution in [0.1, 0.15) is 36.2 Å². The average molecular weight is 470 g/mol. The minimum absolute atomic E-state index is 0.0564. The van der Waals surface area contributed by atoms with Gasteiger partial charge >= 0.3 is 12.1 Å². The summed E-state index contributed by atoms with van der Waals surface area (Å²) in [6.07, 6.45) is 4.26. The number of aryl methyl sites for hydroxylation is 1. The Morgan fingerprint density at radius 2 is 2.00 bits per heavy atom. The number of carboxylic acid groups (broad SMARTS) is 1. The molecule has 4 heterocycles. The molecule has 12 heteroatoms. The first-order valence-electron chi connectivity index (χ1n) is 10.4.